The molecule has 0 spiro atoms. The molecule has 3 aromatic rings. The second kappa shape index (κ2) is 6.34. The summed E-state index contributed by atoms with van der Waals surface area (Å²) in [6.45, 7) is 0. The van der Waals surface area contributed by atoms with Crippen molar-refractivity contribution >= 4 is 5.97 Å². The first kappa shape index (κ1) is 16.6. The molecule has 9 heteroatoms. The van der Waals surface area contributed by atoms with Gasteiger partial charge in [0.25, 0.3) is 0 Å². The predicted molar refractivity (Wildman–Crippen MR) is 73.1 cm³/mol. The first-order valence-corrected chi connectivity index (χ1v) is 6.62. The molecule has 2 aromatic carbocycles. The van der Waals surface area contributed by atoms with E-state index in [1.807, 2.05) is 0 Å². The third-order valence-corrected chi connectivity index (χ3v) is 3.20. The van der Waals surface area contributed by atoms with Gasteiger partial charge in [-0.25, -0.2) is 22.9 Å². The first-order valence-electron chi connectivity index (χ1n) is 6.62. The van der Waals surface area contributed by atoms with Crippen LogP contribution in [0.25, 0.3) is 11.3 Å². The van der Waals surface area contributed by atoms with Crippen molar-refractivity contribution in [1.82, 2.24) is 4.98 Å². The monoisotopic (exact) mass is 355 g/mol. The lowest BCUT2D eigenvalue weighted by molar-refractivity contribution is 0.0716. The lowest BCUT2D eigenvalue weighted by Crippen LogP contribution is -2.13. The van der Waals surface area contributed by atoms with Gasteiger partial charge in [0.1, 0.15) is 0 Å². The maximum Gasteiger partial charge on any atom is 0.343 e. The van der Waals surface area contributed by atoms with E-state index in [-0.39, 0.29) is 5.56 Å². The number of carbonyl (C=O) groups excluding carboxylic acids is 1. The topological polar surface area (TPSA) is 52.3 Å². The standard InChI is InChI=1S/C16H6F5NO3/c17-10-11(18)13(20)15(14(21)12(10)19)25-16(23)8-3-1-7(2-4-8)9-5-22-6-24-9/h1-6H. The molecule has 0 atom stereocenters. The molecular weight excluding hydrogens is 349 g/mol. The van der Waals surface area contributed by atoms with Crippen molar-refractivity contribution in [2.24, 2.45) is 0 Å². The van der Waals surface area contributed by atoms with Gasteiger partial charge in [0.05, 0.1) is 11.8 Å². The van der Waals surface area contributed by atoms with E-state index in [9.17, 15) is 26.7 Å². The Kier molecular flexibility index (Phi) is 4.22. The van der Waals surface area contributed by atoms with E-state index in [1.54, 1.807) is 0 Å². The molecule has 0 saturated carbocycles. The second-order valence-corrected chi connectivity index (χ2v) is 4.73. The molecular formula is C16H6F5NO3. The molecule has 0 unspecified atom stereocenters. The molecule has 0 saturated heterocycles. The fourth-order valence-corrected chi connectivity index (χ4v) is 1.95. The smallest absolute Gasteiger partial charge is 0.343 e. The molecule has 0 aliphatic carbocycles. The molecule has 1 heterocycles. The van der Waals surface area contributed by atoms with Gasteiger partial charge in [-0.3, -0.25) is 0 Å². The van der Waals surface area contributed by atoms with Crippen LogP contribution >= 0.6 is 0 Å². The Morgan fingerprint density at radius 1 is 0.880 bits per heavy atom. The van der Waals surface area contributed by atoms with E-state index in [0.717, 1.165) is 0 Å². The Morgan fingerprint density at radius 2 is 1.44 bits per heavy atom. The lowest BCUT2D eigenvalue weighted by Gasteiger charge is -2.09. The molecule has 0 aliphatic heterocycles. The number of nitrogens with zero attached hydrogens (tertiary/aromatic N) is 1. The molecule has 0 aliphatic rings. The third kappa shape index (κ3) is 2.95. The summed E-state index contributed by atoms with van der Waals surface area (Å²) in [5.74, 6) is -13.8. The van der Waals surface area contributed by atoms with Crippen LogP contribution in [0.4, 0.5) is 22.0 Å². The Hall–Kier alpha value is -3.23. The lowest BCUT2D eigenvalue weighted by atomic mass is 10.1. The van der Waals surface area contributed by atoms with Crippen molar-refractivity contribution in [2.45, 2.75) is 0 Å². The summed E-state index contributed by atoms with van der Waals surface area (Å²) in [5.41, 5.74) is 0.373. The maximum absolute atomic E-state index is 13.5. The highest BCUT2D eigenvalue weighted by molar-refractivity contribution is 5.91. The summed E-state index contributed by atoms with van der Waals surface area (Å²) in [6, 6.07) is 5.31. The van der Waals surface area contributed by atoms with Gasteiger partial charge in [-0.2, -0.15) is 8.78 Å². The summed E-state index contributed by atoms with van der Waals surface area (Å²) in [4.78, 5) is 15.6. The zero-order valence-corrected chi connectivity index (χ0v) is 12.0. The van der Waals surface area contributed by atoms with Crippen molar-refractivity contribution in [1.29, 1.82) is 0 Å². The van der Waals surface area contributed by atoms with Crippen LogP contribution in [0.1, 0.15) is 10.4 Å². The Morgan fingerprint density at radius 3 is 1.96 bits per heavy atom. The maximum atomic E-state index is 13.5. The van der Waals surface area contributed by atoms with Gasteiger partial charge in [0.2, 0.25) is 34.8 Å². The van der Waals surface area contributed by atoms with E-state index in [4.69, 9.17) is 4.42 Å². The molecule has 3 rings (SSSR count). The summed E-state index contributed by atoms with van der Waals surface area (Å²) in [5, 5.41) is 0. The van der Waals surface area contributed by atoms with E-state index in [2.05, 4.69) is 9.72 Å². The number of rotatable bonds is 3. The average molecular weight is 355 g/mol. The van der Waals surface area contributed by atoms with Crippen molar-refractivity contribution in [3.05, 3.63) is 71.5 Å². The largest absolute Gasteiger partial charge is 0.444 e. The molecule has 0 bridgehead atoms. The van der Waals surface area contributed by atoms with Crippen LogP contribution < -0.4 is 4.74 Å². The number of carbonyl (C=O) groups is 1. The zero-order chi connectivity index (χ0) is 18.1. The van der Waals surface area contributed by atoms with Crippen LogP contribution in [0.2, 0.25) is 0 Å². The summed E-state index contributed by atoms with van der Waals surface area (Å²) < 4.78 is 75.5. The van der Waals surface area contributed by atoms with E-state index in [1.165, 1.54) is 36.9 Å². The zero-order valence-electron chi connectivity index (χ0n) is 12.0. The van der Waals surface area contributed by atoms with E-state index < -0.39 is 40.8 Å². The van der Waals surface area contributed by atoms with Gasteiger partial charge in [-0.15, -0.1) is 0 Å². The Balaban J connectivity index is 1.88. The molecule has 1 aromatic heterocycles. The number of ether oxygens (including phenoxy) is 1. The van der Waals surface area contributed by atoms with Gasteiger partial charge in [-0.05, 0) is 12.1 Å². The second-order valence-electron chi connectivity index (χ2n) is 4.73. The minimum Gasteiger partial charge on any atom is -0.444 e. The predicted octanol–water partition coefficient (Wildman–Crippen LogP) is 4.26. The number of halogens is 5. The summed E-state index contributed by atoms with van der Waals surface area (Å²) in [7, 11) is 0. The van der Waals surface area contributed by atoms with Crippen molar-refractivity contribution in [3.8, 4) is 17.1 Å². The van der Waals surface area contributed by atoms with Crippen molar-refractivity contribution < 1.29 is 35.9 Å². The van der Waals surface area contributed by atoms with Crippen LogP contribution in [-0.4, -0.2) is 11.0 Å². The number of oxazole rings is 1. The molecule has 0 N–H and O–H groups in total. The van der Waals surface area contributed by atoms with E-state index >= 15 is 0 Å². The molecule has 4 nitrogen and oxygen atoms in total. The number of esters is 1. The van der Waals surface area contributed by atoms with Crippen LogP contribution in [0, 0.1) is 29.1 Å². The van der Waals surface area contributed by atoms with E-state index in [0.29, 0.717) is 11.3 Å². The highest BCUT2D eigenvalue weighted by atomic mass is 19.2. The molecule has 25 heavy (non-hydrogen) atoms. The van der Waals surface area contributed by atoms with Crippen LogP contribution in [-0.2, 0) is 0 Å². The fraction of sp³-hybridized carbons (Fsp3) is 0. The highest BCUT2D eigenvalue weighted by Crippen LogP contribution is 2.30. The summed E-state index contributed by atoms with van der Waals surface area (Å²) in [6.07, 6.45) is 2.61. The number of aromatic nitrogens is 1. The molecule has 0 fully saturated rings. The average Bonchev–Trinajstić information content (AvgIpc) is 3.16. The first-order chi connectivity index (χ1) is 11.9. The van der Waals surface area contributed by atoms with Crippen LogP contribution in [0.3, 0.4) is 0 Å². The highest BCUT2D eigenvalue weighted by Gasteiger charge is 2.28. The minimum absolute atomic E-state index is 0.174. The normalized spacial score (nSPS) is 10.8. The number of hydrogen-bond donors (Lipinski definition) is 0. The van der Waals surface area contributed by atoms with Crippen LogP contribution in [0.15, 0.2) is 41.3 Å². The Labute approximate surface area is 136 Å². The number of benzene rings is 2. The third-order valence-electron chi connectivity index (χ3n) is 3.20. The quantitative estimate of drug-likeness (QED) is 0.232. The SMILES string of the molecule is O=C(Oc1c(F)c(F)c(F)c(F)c1F)c1ccc(-c2cnco2)cc1. The van der Waals surface area contributed by atoms with Gasteiger partial charge in [-0.1, -0.05) is 12.1 Å². The molecule has 0 amide bonds. The minimum atomic E-state index is -2.34. The van der Waals surface area contributed by atoms with Crippen molar-refractivity contribution in [3.63, 3.8) is 0 Å². The van der Waals surface area contributed by atoms with Gasteiger partial charge in [0.15, 0.2) is 12.2 Å². The molecule has 128 valence electrons. The fourth-order valence-electron chi connectivity index (χ4n) is 1.95. The molecule has 0 radical (unpaired) electrons. The van der Waals surface area contributed by atoms with Gasteiger partial charge in [0, 0.05) is 5.56 Å². The summed E-state index contributed by atoms with van der Waals surface area (Å²) >= 11 is 0. The van der Waals surface area contributed by atoms with Crippen LogP contribution in [0.5, 0.6) is 5.75 Å². The van der Waals surface area contributed by atoms with Gasteiger partial charge >= 0.3 is 5.97 Å². The van der Waals surface area contributed by atoms with Crippen molar-refractivity contribution in [2.75, 3.05) is 0 Å². The van der Waals surface area contributed by atoms with Gasteiger partial charge < -0.3 is 9.15 Å². The Bertz CT molecular complexity index is 910. The number of hydrogen-bond acceptors (Lipinski definition) is 4.